The molecule has 2 amide bonds. The summed E-state index contributed by atoms with van der Waals surface area (Å²) in [4.78, 5) is 74.8. The molecule has 3 N–H and O–H groups in total. The molecule has 17 heteroatoms. The van der Waals surface area contributed by atoms with E-state index in [4.69, 9.17) is 9.47 Å². The third-order valence-corrected chi connectivity index (χ3v) is 7.39. The van der Waals surface area contributed by atoms with Crippen LogP contribution in [0.15, 0.2) is 79.0 Å². The molecule has 0 bridgehead atoms. The molecule has 14 nitrogen and oxygen atoms in total. The predicted molar refractivity (Wildman–Crippen MR) is 175 cm³/mol. The Kier molecular flexibility index (Phi) is 10.9. The number of carboxylic acids is 2. The first kappa shape index (κ1) is 37.3. The zero-order valence-electron chi connectivity index (χ0n) is 27.4. The molecular formula is C34H30F3N5O9. The van der Waals surface area contributed by atoms with Crippen LogP contribution < -0.4 is 15.0 Å². The van der Waals surface area contributed by atoms with Crippen LogP contribution >= 0.6 is 0 Å². The third-order valence-electron chi connectivity index (χ3n) is 7.39. The first-order valence-corrected chi connectivity index (χ1v) is 14.7. The Morgan fingerprint density at radius 2 is 1.45 bits per heavy atom. The highest BCUT2D eigenvalue weighted by molar-refractivity contribution is 6.11. The maximum Gasteiger partial charge on any atom is 0.513 e. The maximum atomic E-state index is 13.6. The number of benzene rings is 3. The Bertz CT molecular complexity index is 1950. The van der Waals surface area contributed by atoms with Crippen LogP contribution in [-0.4, -0.2) is 89.8 Å². The fourth-order valence-corrected chi connectivity index (χ4v) is 4.66. The second kappa shape index (κ2) is 14.9. The molecule has 1 aromatic heterocycles. The van der Waals surface area contributed by atoms with Gasteiger partial charge in [0.2, 0.25) is 11.4 Å². The summed E-state index contributed by atoms with van der Waals surface area (Å²) in [5.74, 6) is -5.22. The zero-order chi connectivity index (χ0) is 37.7. The molecule has 0 saturated heterocycles. The number of halogens is 3. The largest absolute Gasteiger partial charge is 0.513 e. The molecule has 0 fully saturated rings. The Hall–Kier alpha value is -6.52. The summed E-state index contributed by atoms with van der Waals surface area (Å²) in [7, 11) is 6.07. The molecule has 0 unspecified atom stereocenters. The fraction of sp³-hybridized carbons (Fsp3) is 0.206. The summed E-state index contributed by atoms with van der Waals surface area (Å²) < 4.78 is 49.7. The van der Waals surface area contributed by atoms with Crippen molar-refractivity contribution in [1.29, 1.82) is 0 Å². The smallest absolute Gasteiger partial charge is 0.480 e. The fourth-order valence-electron chi connectivity index (χ4n) is 4.66. The average Bonchev–Trinajstić information content (AvgIpc) is 3.08. The predicted octanol–water partition coefficient (Wildman–Crippen LogP) is 4.81. The number of anilines is 2. The number of ether oxygens (including phenoxy) is 2. The number of carbonyl (C=O) groups excluding carboxylic acids is 3. The van der Waals surface area contributed by atoms with Gasteiger partial charge in [0, 0.05) is 40.0 Å². The number of nitrogens with zero attached hydrogens (tertiary/aromatic N) is 4. The summed E-state index contributed by atoms with van der Waals surface area (Å²) in [6, 6.07) is 14.3. The van der Waals surface area contributed by atoms with Gasteiger partial charge in [-0.05, 0) is 35.9 Å². The summed E-state index contributed by atoms with van der Waals surface area (Å²) in [6.07, 6.45) is -4.91. The van der Waals surface area contributed by atoms with Crippen LogP contribution in [0.2, 0.25) is 0 Å². The normalized spacial score (nSPS) is 11.3. The van der Waals surface area contributed by atoms with E-state index in [0.29, 0.717) is 0 Å². The van der Waals surface area contributed by atoms with Gasteiger partial charge >= 0.3 is 24.3 Å². The van der Waals surface area contributed by atoms with Gasteiger partial charge in [0.15, 0.2) is 0 Å². The van der Waals surface area contributed by atoms with Crippen molar-refractivity contribution in [3.05, 3.63) is 101 Å². The number of rotatable bonds is 11. The number of aromatic nitrogens is 2. The van der Waals surface area contributed by atoms with E-state index >= 15 is 0 Å². The molecule has 3 aromatic carbocycles. The number of carboxylic acid groups (broad SMARTS) is 2. The second-order valence-corrected chi connectivity index (χ2v) is 11.3. The number of amides is 2. The van der Waals surface area contributed by atoms with Gasteiger partial charge in [-0.2, -0.15) is 13.2 Å². The summed E-state index contributed by atoms with van der Waals surface area (Å²) >= 11 is 0. The minimum atomic E-state index is -4.59. The zero-order valence-corrected chi connectivity index (χ0v) is 27.4. The molecule has 4 aromatic rings. The molecule has 0 aliphatic carbocycles. The molecule has 0 aliphatic heterocycles. The number of nitrogens with one attached hydrogen (secondary N) is 1. The van der Waals surface area contributed by atoms with Crippen molar-refractivity contribution >= 4 is 41.5 Å². The van der Waals surface area contributed by atoms with Gasteiger partial charge in [-0.1, -0.05) is 42.5 Å². The number of carbonyl (C=O) groups is 5. The van der Waals surface area contributed by atoms with Gasteiger partial charge in [-0.15, -0.1) is 0 Å². The summed E-state index contributed by atoms with van der Waals surface area (Å²) in [5.41, 5.74) is -3.97. The van der Waals surface area contributed by atoms with Gasteiger partial charge in [0.1, 0.15) is 12.4 Å². The average molecular weight is 710 g/mol. The molecule has 0 radical (unpaired) electrons. The molecule has 266 valence electrons. The monoisotopic (exact) mass is 709 g/mol. The Morgan fingerprint density at radius 3 is 2.00 bits per heavy atom. The van der Waals surface area contributed by atoms with Crippen LogP contribution in [0, 0.1) is 0 Å². The standard InChI is InChI=1S/C34H30F3N5O9/c1-41(2)28(44)23-16-22(51-32(49)50-18-33(29(45)46,30(47)48)20-8-6-5-7-9-20)14-15-25(23)39-27(43)24-17-38-31(42(3)4)40-26(24)19-10-12-21(13-11-19)34(35,36)37/h5-17H,18H2,1-4H3,(H,39,43)(H,45,46)(H,47,48). The van der Waals surface area contributed by atoms with E-state index < -0.39 is 53.7 Å². The van der Waals surface area contributed by atoms with E-state index in [0.717, 1.165) is 35.2 Å². The number of hydrogen-bond donors (Lipinski definition) is 3. The van der Waals surface area contributed by atoms with Crippen molar-refractivity contribution in [1.82, 2.24) is 14.9 Å². The van der Waals surface area contributed by atoms with Gasteiger partial charge < -0.3 is 34.8 Å². The topological polar surface area (TPSA) is 189 Å². The lowest BCUT2D eigenvalue weighted by molar-refractivity contribution is -0.160. The van der Waals surface area contributed by atoms with Crippen molar-refractivity contribution in [2.24, 2.45) is 0 Å². The minimum absolute atomic E-state index is 0.00240. The SMILES string of the molecule is CN(C)C(=O)c1cc(OC(=O)OCC(C(=O)O)(C(=O)O)c2ccccc2)ccc1NC(=O)c1cnc(N(C)C)nc1-c1ccc(C(F)(F)F)cc1. The van der Waals surface area contributed by atoms with Crippen LogP contribution in [0.5, 0.6) is 5.75 Å². The van der Waals surface area contributed by atoms with Gasteiger partial charge in [-0.3, -0.25) is 19.2 Å². The quantitative estimate of drug-likeness (QED) is 0.110. The second-order valence-electron chi connectivity index (χ2n) is 11.3. The summed E-state index contributed by atoms with van der Waals surface area (Å²) in [6.45, 7) is -1.14. The number of hydrogen-bond acceptors (Lipinski definition) is 10. The van der Waals surface area contributed by atoms with Crippen molar-refractivity contribution in [2.45, 2.75) is 11.6 Å². The Labute approximate surface area is 288 Å². The van der Waals surface area contributed by atoms with E-state index in [2.05, 4.69) is 15.3 Å². The molecule has 1 heterocycles. The first-order chi connectivity index (χ1) is 23.9. The first-order valence-electron chi connectivity index (χ1n) is 14.7. The maximum absolute atomic E-state index is 13.6. The minimum Gasteiger partial charge on any atom is -0.480 e. The van der Waals surface area contributed by atoms with Crippen LogP contribution in [-0.2, 0) is 25.9 Å². The molecule has 0 atom stereocenters. The number of aliphatic carboxylic acids is 2. The molecule has 51 heavy (non-hydrogen) atoms. The van der Waals surface area contributed by atoms with E-state index in [1.807, 2.05) is 0 Å². The van der Waals surface area contributed by atoms with Crippen LogP contribution in [0.3, 0.4) is 0 Å². The molecule has 0 saturated carbocycles. The Morgan fingerprint density at radius 1 is 0.824 bits per heavy atom. The van der Waals surface area contributed by atoms with Crippen LogP contribution in [0.1, 0.15) is 31.8 Å². The van der Waals surface area contributed by atoms with E-state index in [-0.39, 0.29) is 45.3 Å². The van der Waals surface area contributed by atoms with Crippen LogP contribution in [0.4, 0.5) is 29.6 Å². The van der Waals surface area contributed by atoms with Crippen molar-refractivity contribution in [3.8, 4) is 17.0 Å². The Balaban J connectivity index is 1.63. The molecule has 4 rings (SSSR count). The third kappa shape index (κ3) is 8.21. The lowest BCUT2D eigenvalue weighted by Crippen LogP contribution is -2.48. The van der Waals surface area contributed by atoms with E-state index in [9.17, 15) is 47.4 Å². The van der Waals surface area contributed by atoms with E-state index in [1.54, 1.807) is 20.2 Å². The summed E-state index contributed by atoms with van der Waals surface area (Å²) in [5, 5.41) is 22.2. The molecular weight excluding hydrogens is 679 g/mol. The highest BCUT2D eigenvalue weighted by Crippen LogP contribution is 2.33. The van der Waals surface area contributed by atoms with Crippen molar-refractivity contribution in [2.75, 3.05) is 45.0 Å². The molecule has 0 aliphatic rings. The van der Waals surface area contributed by atoms with Gasteiger partial charge in [-0.25, -0.2) is 14.8 Å². The lowest BCUT2D eigenvalue weighted by Gasteiger charge is -2.24. The van der Waals surface area contributed by atoms with Gasteiger partial charge in [0.25, 0.3) is 11.8 Å². The molecule has 0 spiro atoms. The highest BCUT2D eigenvalue weighted by Gasteiger charge is 2.50. The van der Waals surface area contributed by atoms with Crippen LogP contribution in [0.25, 0.3) is 11.3 Å². The van der Waals surface area contributed by atoms with E-state index in [1.165, 1.54) is 61.6 Å². The van der Waals surface area contributed by atoms with Crippen molar-refractivity contribution < 1.29 is 56.8 Å². The van der Waals surface area contributed by atoms with Gasteiger partial charge in [0.05, 0.1) is 28.1 Å². The highest BCUT2D eigenvalue weighted by atomic mass is 19.4. The lowest BCUT2D eigenvalue weighted by atomic mass is 9.81. The number of alkyl halides is 3. The van der Waals surface area contributed by atoms with Crippen molar-refractivity contribution in [3.63, 3.8) is 0 Å².